The Kier molecular flexibility index (Phi) is 4.07. The molecule has 0 radical (unpaired) electrons. The van der Waals surface area contributed by atoms with E-state index >= 15 is 0 Å². The van der Waals surface area contributed by atoms with Gasteiger partial charge >= 0.3 is 5.69 Å². The average molecular weight is 378 g/mol. The molecule has 5 heterocycles. The van der Waals surface area contributed by atoms with Gasteiger partial charge in [0.25, 0.3) is 0 Å². The molecule has 1 aliphatic rings. The van der Waals surface area contributed by atoms with Gasteiger partial charge in [0.1, 0.15) is 12.1 Å². The van der Waals surface area contributed by atoms with Gasteiger partial charge in [-0.3, -0.25) is 9.13 Å². The van der Waals surface area contributed by atoms with Gasteiger partial charge < -0.3 is 4.90 Å². The lowest BCUT2D eigenvalue weighted by Crippen LogP contribution is -2.37. The van der Waals surface area contributed by atoms with Crippen molar-refractivity contribution < 1.29 is 0 Å². The third-order valence-corrected chi connectivity index (χ3v) is 5.62. The summed E-state index contributed by atoms with van der Waals surface area (Å²) in [6.07, 6.45) is 5.40. The summed E-state index contributed by atoms with van der Waals surface area (Å²) in [5.74, 6) is 1.39. The standard InChI is InChI=1S/C19H22N8O/c1-2-25-15-4-3-9-20-18(15)26(19(25)28)12-14-7-10-24(11-8-14)17-6-5-16-22-21-13-27(16)23-17/h3-6,9,13-14H,2,7-8,10-12H2,1H3. The van der Waals surface area contributed by atoms with Crippen LogP contribution in [0.2, 0.25) is 0 Å². The third kappa shape index (κ3) is 2.74. The molecule has 1 aliphatic heterocycles. The predicted octanol–water partition coefficient (Wildman–Crippen LogP) is 1.57. The van der Waals surface area contributed by atoms with E-state index in [0.717, 1.165) is 48.6 Å². The number of hydrogen-bond donors (Lipinski definition) is 0. The van der Waals surface area contributed by atoms with Crippen molar-refractivity contribution in [2.24, 2.45) is 5.92 Å². The fourth-order valence-corrected chi connectivity index (χ4v) is 4.11. The van der Waals surface area contributed by atoms with E-state index in [-0.39, 0.29) is 5.69 Å². The van der Waals surface area contributed by atoms with E-state index in [0.29, 0.717) is 19.0 Å². The van der Waals surface area contributed by atoms with Crippen LogP contribution in [0.4, 0.5) is 5.82 Å². The van der Waals surface area contributed by atoms with Gasteiger partial charge in [0.15, 0.2) is 11.3 Å². The normalized spacial score (nSPS) is 15.7. The molecule has 0 unspecified atom stereocenters. The molecule has 0 saturated carbocycles. The summed E-state index contributed by atoms with van der Waals surface area (Å²) in [5.41, 5.74) is 2.49. The minimum Gasteiger partial charge on any atom is -0.355 e. The second-order valence-electron chi connectivity index (χ2n) is 7.24. The van der Waals surface area contributed by atoms with Crippen LogP contribution in [0, 0.1) is 5.92 Å². The highest BCUT2D eigenvalue weighted by atomic mass is 16.1. The summed E-state index contributed by atoms with van der Waals surface area (Å²) in [6.45, 7) is 5.20. The van der Waals surface area contributed by atoms with Gasteiger partial charge in [-0.05, 0) is 49.9 Å². The zero-order valence-corrected chi connectivity index (χ0v) is 15.8. The number of pyridine rings is 1. The largest absolute Gasteiger partial charge is 0.355 e. The highest BCUT2D eigenvalue weighted by Crippen LogP contribution is 2.24. The Morgan fingerprint density at radius 1 is 1.14 bits per heavy atom. The van der Waals surface area contributed by atoms with Crippen LogP contribution in [0.25, 0.3) is 16.8 Å². The van der Waals surface area contributed by atoms with Crippen LogP contribution >= 0.6 is 0 Å². The van der Waals surface area contributed by atoms with Gasteiger partial charge in [-0.1, -0.05) is 0 Å². The number of aromatic nitrogens is 7. The lowest BCUT2D eigenvalue weighted by Gasteiger charge is -2.32. The van der Waals surface area contributed by atoms with Gasteiger partial charge in [-0.15, -0.1) is 15.3 Å². The summed E-state index contributed by atoms with van der Waals surface area (Å²) in [4.78, 5) is 19.6. The smallest absolute Gasteiger partial charge is 0.330 e. The molecule has 0 amide bonds. The molecule has 0 bridgehead atoms. The first-order valence-corrected chi connectivity index (χ1v) is 9.70. The fourth-order valence-electron chi connectivity index (χ4n) is 4.11. The number of anilines is 1. The van der Waals surface area contributed by atoms with E-state index in [4.69, 9.17) is 0 Å². The molecule has 9 heteroatoms. The molecule has 1 saturated heterocycles. The first kappa shape index (κ1) is 16.9. The molecular weight excluding hydrogens is 356 g/mol. The Bertz CT molecular complexity index is 1180. The highest BCUT2D eigenvalue weighted by Gasteiger charge is 2.23. The van der Waals surface area contributed by atoms with Crippen LogP contribution in [-0.2, 0) is 13.1 Å². The summed E-state index contributed by atoms with van der Waals surface area (Å²) >= 11 is 0. The first-order chi connectivity index (χ1) is 13.7. The molecule has 0 aromatic carbocycles. The number of aryl methyl sites for hydroxylation is 1. The van der Waals surface area contributed by atoms with E-state index < -0.39 is 0 Å². The lowest BCUT2D eigenvalue weighted by atomic mass is 9.96. The zero-order valence-electron chi connectivity index (χ0n) is 15.8. The lowest BCUT2D eigenvalue weighted by molar-refractivity contribution is 0.353. The molecule has 4 aromatic heterocycles. The van der Waals surface area contributed by atoms with Gasteiger partial charge in [-0.25, -0.2) is 9.78 Å². The number of hydrogen-bond acceptors (Lipinski definition) is 6. The summed E-state index contributed by atoms with van der Waals surface area (Å²) in [5, 5.41) is 12.5. The Morgan fingerprint density at radius 3 is 2.82 bits per heavy atom. The molecule has 0 atom stereocenters. The monoisotopic (exact) mass is 378 g/mol. The predicted molar refractivity (Wildman–Crippen MR) is 105 cm³/mol. The van der Waals surface area contributed by atoms with Crippen molar-refractivity contribution in [1.29, 1.82) is 0 Å². The highest BCUT2D eigenvalue weighted by molar-refractivity contribution is 5.71. The van der Waals surface area contributed by atoms with Crippen molar-refractivity contribution >= 4 is 22.6 Å². The second kappa shape index (κ2) is 6.74. The summed E-state index contributed by atoms with van der Waals surface area (Å²) in [6, 6.07) is 7.79. The van der Waals surface area contributed by atoms with Crippen molar-refractivity contribution in [3.05, 3.63) is 47.3 Å². The number of rotatable bonds is 4. The van der Waals surface area contributed by atoms with Crippen molar-refractivity contribution in [2.45, 2.75) is 32.9 Å². The van der Waals surface area contributed by atoms with Crippen LogP contribution in [0.15, 0.2) is 41.6 Å². The Hall–Kier alpha value is -3.23. The minimum absolute atomic E-state index is 0.0401. The summed E-state index contributed by atoms with van der Waals surface area (Å²) < 4.78 is 5.35. The van der Waals surface area contributed by atoms with Crippen molar-refractivity contribution in [2.75, 3.05) is 18.0 Å². The van der Waals surface area contributed by atoms with Crippen LogP contribution in [0.3, 0.4) is 0 Å². The van der Waals surface area contributed by atoms with E-state index in [1.807, 2.05) is 35.8 Å². The third-order valence-electron chi connectivity index (χ3n) is 5.62. The zero-order chi connectivity index (χ0) is 19.1. The molecule has 0 aliphatic carbocycles. The number of fused-ring (bicyclic) bond motifs is 2. The van der Waals surface area contributed by atoms with E-state index in [1.54, 1.807) is 21.6 Å². The molecule has 1 fully saturated rings. The maximum atomic E-state index is 12.8. The van der Waals surface area contributed by atoms with Gasteiger partial charge in [-0.2, -0.15) is 4.52 Å². The van der Waals surface area contributed by atoms with Gasteiger partial charge in [0.05, 0.1) is 5.52 Å². The minimum atomic E-state index is 0.0401. The Labute approximate surface area is 161 Å². The molecule has 144 valence electrons. The quantitative estimate of drug-likeness (QED) is 0.536. The van der Waals surface area contributed by atoms with E-state index in [1.165, 1.54) is 0 Å². The van der Waals surface area contributed by atoms with Gasteiger partial charge in [0, 0.05) is 32.4 Å². The molecule has 28 heavy (non-hydrogen) atoms. The SMILES string of the molecule is CCn1c(=O)n(CC2CCN(c3ccc4nncn4n3)CC2)c2ncccc21. The maximum Gasteiger partial charge on any atom is 0.330 e. The average Bonchev–Trinajstić information content (AvgIpc) is 3.31. The summed E-state index contributed by atoms with van der Waals surface area (Å²) in [7, 11) is 0. The fraction of sp³-hybridized carbons (Fsp3) is 0.421. The molecule has 0 N–H and O–H groups in total. The van der Waals surface area contributed by atoms with Crippen LogP contribution in [0.1, 0.15) is 19.8 Å². The van der Waals surface area contributed by atoms with E-state index in [9.17, 15) is 4.79 Å². The number of nitrogens with zero attached hydrogens (tertiary/aromatic N) is 8. The Balaban J connectivity index is 1.33. The number of imidazole rings is 1. The second-order valence-corrected chi connectivity index (χ2v) is 7.24. The number of piperidine rings is 1. The van der Waals surface area contributed by atoms with Crippen molar-refractivity contribution in [1.82, 2.24) is 33.9 Å². The van der Waals surface area contributed by atoms with Crippen LogP contribution in [0.5, 0.6) is 0 Å². The van der Waals surface area contributed by atoms with Crippen molar-refractivity contribution in [3.63, 3.8) is 0 Å². The molecule has 5 rings (SSSR count). The van der Waals surface area contributed by atoms with Crippen molar-refractivity contribution in [3.8, 4) is 0 Å². The molecule has 4 aromatic rings. The van der Waals surface area contributed by atoms with Crippen LogP contribution in [-0.4, -0.2) is 47.0 Å². The van der Waals surface area contributed by atoms with E-state index in [2.05, 4.69) is 25.2 Å². The topological polar surface area (TPSA) is 86.1 Å². The Morgan fingerprint density at radius 2 is 2.00 bits per heavy atom. The molecule has 0 spiro atoms. The molecular formula is C19H22N8O. The first-order valence-electron chi connectivity index (χ1n) is 9.70. The van der Waals surface area contributed by atoms with Crippen LogP contribution < -0.4 is 10.6 Å². The van der Waals surface area contributed by atoms with Gasteiger partial charge in [0.2, 0.25) is 0 Å². The molecule has 9 nitrogen and oxygen atoms in total. The maximum absolute atomic E-state index is 12.8.